The fourth-order valence-corrected chi connectivity index (χ4v) is 3.19. The van der Waals surface area contributed by atoms with E-state index in [0.717, 1.165) is 16.7 Å². The van der Waals surface area contributed by atoms with E-state index in [2.05, 4.69) is 9.97 Å². The quantitative estimate of drug-likeness (QED) is 0.510. The van der Waals surface area contributed by atoms with Crippen molar-refractivity contribution in [2.45, 2.75) is 0 Å². The van der Waals surface area contributed by atoms with Crippen molar-refractivity contribution in [3.63, 3.8) is 0 Å². The summed E-state index contributed by atoms with van der Waals surface area (Å²) in [5, 5.41) is 0.388. The zero-order valence-electron chi connectivity index (χ0n) is 14.2. The van der Waals surface area contributed by atoms with Crippen molar-refractivity contribution in [1.29, 1.82) is 0 Å². The maximum absolute atomic E-state index is 12.4. The SMILES string of the molecule is O=C1C(=O)N(CC=Cc2cccnc2Cl)c2ccc(-c3cccnc3)cc21. The molecule has 27 heavy (non-hydrogen) atoms. The Balaban J connectivity index is 1.61. The Morgan fingerprint density at radius 1 is 1.04 bits per heavy atom. The molecule has 1 aliphatic heterocycles. The lowest BCUT2D eigenvalue weighted by atomic mass is 10.0. The third kappa shape index (κ3) is 3.25. The molecule has 1 amide bonds. The summed E-state index contributed by atoms with van der Waals surface area (Å²) >= 11 is 6.03. The Bertz CT molecular complexity index is 1060. The predicted octanol–water partition coefficient (Wildman–Crippen LogP) is 4.04. The first-order chi connectivity index (χ1) is 13.1. The number of hydrogen-bond acceptors (Lipinski definition) is 4. The number of anilines is 1. The fourth-order valence-electron chi connectivity index (χ4n) is 3.00. The van der Waals surface area contributed by atoms with Crippen molar-refractivity contribution in [2.75, 3.05) is 11.4 Å². The van der Waals surface area contributed by atoms with Gasteiger partial charge in [0.2, 0.25) is 0 Å². The average Bonchev–Trinajstić information content (AvgIpc) is 2.94. The van der Waals surface area contributed by atoms with E-state index in [-0.39, 0.29) is 6.54 Å². The van der Waals surface area contributed by atoms with Crippen LogP contribution in [0.5, 0.6) is 0 Å². The van der Waals surface area contributed by atoms with Crippen molar-refractivity contribution in [3.05, 3.63) is 83.4 Å². The molecule has 0 saturated heterocycles. The minimum absolute atomic E-state index is 0.273. The number of nitrogens with zero attached hydrogens (tertiary/aromatic N) is 3. The summed E-state index contributed by atoms with van der Waals surface area (Å²) in [5.74, 6) is -1.03. The molecular formula is C21H14ClN3O2. The third-order valence-corrected chi connectivity index (χ3v) is 4.66. The summed E-state index contributed by atoms with van der Waals surface area (Å²) in [6.07, 6.45) is 8.60. The summed E-state index contributed by atoms with van der Waals surface area (Å²) in [6.45, 7) is 0.273. The number of pyridine rings is 2. The molecule has 3 aromatic rings. The number of Topliss-reactive ketones (excluding diaryl/α,β-unsaturated/α-hetero) is 1. The topological polar surface area (TPSA) is 63.2 Å². The molecule has 0 saturated carbocycles. The zero-order valence-corrected chi connectivity index (χ0v) is 14.9. The van der Waals surface area contributed by atoms with E-state index in [0.29, 0.717) is 16.4 Å². The largest absolute Gasteiger partial charge is 0.301 e. The van der Waals surface area contributed by atoms with Gasteiger partial charge in [0, 0.05) is 36.3 Å². The van der Waals surface area contributed by atoms with E-state index in [9.17, 15) is 9.59 Å². The van der Waals surface area contributed by atoms with E-state index in [1.807, 2.05) is 24.3 Å². The van der Waals surface area contributed by atoms with Gasteiger partial charge in [-0.2, -0.15) is 0 Å². The van der Waals surface area contributed by atoms with Crippen LogP contribution >= 0.6 is 11.6 Å². The first-order valence-electron chi connectivity index (χ1n) is 8.33. The van der Waals surface area contributed by atoms with Crippen molar-refractivity contribution in [2.24, 2.45) is 0 Å². The minimum Gasteiger partial charge on any atom is -0.301 e. The number of fused-ring (bicyclic) bond motifs is 1. The number of rotatable bonds is 4. The van der Waals surface area contributed by atoms with Crippen LogP contribution < -0.4 is 4.90 Å². The molecule has 0 fully saturated rings. The highest BCUT2D eigenvalue weighted by Crippen LogP contribution is 2.32. The van der Waals surface area contributed by atoms with Gasteiger partial charge in [-0.3, -0.25) is 14.6 Å². The second kappa shape index (κ2) is 7.13. The summed E-state index contributed by atoms with van der Waals surface area (Å²) in [7, 11) is 0. The van der Waals surface area contributed by atoms with Gasteiger partial charge in [-0.15, -0.1) is 0 Å². The number of aromatic nitrogens is 2. The summed E-state index contributed by atoms with van der Waals surface area (Å²) in [4.78, 5) is 34.4. The van der Waals surface area contributed by atoms with Crippen molar-refractivity contribution in [1.82, 2.24) is 9.97 Å². The maximum Gasteiger partial charge on any atom is 0.299 e. The van der Waals surface area contributed by atoms with Crippen molar-refractivity contribution < 1.29 is 9.59 Å². The molecule has 4 rings (SSSR count). The van der Waals surface area contributed by atoms with Crippen LogP contribution in [-0.4, -0.2) is 28.2 Å². The Morgan fingerprint density at radius 3 is 2.67 bits per heavy atom. The lowest BCUT2D eigenvalue weighted by Gasteiger charge is -2.14. The van der Waals surface area contributed by atoms with Crippen LogP contribution in [-0.2, 0) is 4.79 Å². The van der Waals surface area contributed by atoms with Crippen molar-refractivity contribution in [3.8, 4) is 11.1 Å². The van der Waals surface area contributed by atoms with Crippen molar-refractivity contribution >= 4 is 35.1 Å². The van der Waals surface area contributed by atoms with Gasteiger partial charge < -0.3 is 4.90 Å². The van der Waals surface area contributed by atoms with Crippen LogP contribution in [0.2, 0.25) is 5.15 Å². The number of halogens is 1. The highest BCUT2D eigenvalue weighted by atomic mass is 35.5. The summed E-state index contributed by atoms with van der Waals surface area (Å²) in [5.41, 5.74) is 3.52. The molecule has 5 nitrogen and oxygen atoms in total. The van der Waals surface area contributed by atoms with E-state index < -0.39 is 11.7 Å². The average molecular weight is 376 g/mol. The monoisotopic (exact) mass is 375 g/mol. The van der Waals surface area contributed by atoms with Crippen LogP contribution in [0.1, 0.15) is 15.9 Å². The van der Waals surface area contributed by atoms with Gasteiger partial charge in [-0.05, 0) is 29.8 Å². The number of hydrogen-bond donors (Lipinski definition) is 0. The first-order valence-corrected chi connectivity index (χ1v) is 8.70. The Kier molecular flexibility index (Phi) is 4.52. The molecule has 0 unspecified atom stereocenters. The molecule has 1 aromatic carbocycles. The van der Waals surface area contributed by atoms with E-state index in [1.165, 1.54) is 4.90 Å². The van der Waals surface area contributed by atoms with Crippen LogP contribution in [0.4, 0.5) is 5.69 Å². The maximum atomic E-state index is 12.4. The van der Waals surface area contributed by atoms with Crippen LogP contribution in [0.25, 0.3) is 17.2 Å². The summed E-state index contributed by atoms with van der Waals surface area (Å²) < 4.78 is 0. The molecule has 0 N–H and O–H groups in total. The lowest BCUT2D eigenvalue weighted by molar-refractivity contribution is -0.114. The molecule has 6 heteroatoms. The van der Waals surface area contributed by atoms with Gasteiger partial charge >= 0.3 is 0 Å². The van der Waals surface area contributed by atoms with Gasteiger partial charge in [0.05, 0.1) is 11.3 Å². The van der Waals surface area contributed by atoms with Crippen LogP contribution in [0, 0.1) is 0 Å². The van der Waals surface area contributed by atoms with Gasteiger partial charge in [0.25, 0.3) is 11.7 Å². The molecule has 1 aliphatic rings. The lowest BCUT2D eigenvalue weighted by Crippen LogP contribution is -2.29. The smallest absolute Gasteiger partial charge is 0.299 e. The number of amides is 1. The van der Waals surface area contributed by atoms with Gasteiger partial charge in [-0.25, -0.2) is 4.98 Å². The number of carbonyl (C=O) groups excluding carboxylic acids is 2. The second-order valence-electron chi connectivity index (χ2n) is 6.00. The van der Waals surface area contributed by atoms with Crippen LogP contribution in [0.3, 0.4) is 0 Å². The Labute approximate surface area is 161 Å². The zero-order chi connectivity index (χ0) is 18.8. The number of ketones is 1. The molecule has 0 radical (unpaired) electrons. The number of benzene rings is 1. The highest BCUT2D eigenvalue weighted by Gasteiger charge is 2.35. The summed E-state index contributed by atoms with van der Waals surface area (Å²) in [6, 6.07) is 12.8. The van der Waals surface area contributed by atoms with Crippen LogP contribution in [0.15, 0.2) is 67.1 Å². The van der Waals surface area contributed by atoms with Gasteiger partial charge in [0.1, 0.15) is 5.15 Å². The minimum atomic E-state index is -0.532. The molecule has 0 aliphatic carbocycles. The third-order valence-electron chi connectivity index (χ3n) is 4.34. The van der Waals surface area contributed by atoms with E-state index in [4.69, 9.17) is 11.6 Å². The highest BCUT2D eigenvalue weighted by molar-refractivity contribution is 6.52. The first kappa shape index (κ1) is 17.1. The van der Waals surface area contributed by atoms with E-state index in [1.54, 1.807) is 48.9 Å². The number of carbonyl (C=O) groups is 2. The molecule has 0 bridgehead atoms. The Hall–Kier alpha value is -3.31. The normalized spacial score (nSPS) is 13.4. The Morgan fingerprint density at radius 2 is 1.89 bits per heavy atom. The molecule has 2 aromatic heterocycles. The molecule has 0 spiro atoms. The molecular weight excluding hydrogens is 362 g/mol. The second-order valence-corrected chi connectivity index (χ2v) is 6.36. The van der Waals surface area contributed by atoms with E-state index >= 15 is 0 Å². The predicted molar refractivity (Wildman–Crippen MR) is 105 cm³/mol. The fraction of sp³-hybridized carbons (Fsp3) is 0.0476. The molecule has 0 atom stereocenters. The molecule has 132 valence electrons. The standard InChI is InChI=1S/C21H14ClN3O2/c22-20-14(4-2-10-24-20)6-3-11-25-18-8-7-15(16-5-1-9-23-13-16)12-17(18)19(26)21(25)27/h1-10,12-13H,11H2. The van der Waals surface area contributed by atoms with Gasteiger partial charge in [0.15, 0.2) is 0 Å². The molecule has 3 heterocycles. The van der Waals surface area contributed by atoms with Gasteiger partial charge in [-0.1, -0.05) is 42.0 Å².